The first kappa shape index (κ1) is 16.7. The van der Waals surface area contributed by atoms with E-state index in [-0.39, 0.29) is 0 Å². The Labute approximate surface area is 119 Å². The van der Waals surface area contributed by atoms with Crippen LogP contribution in [-0.4, -0.2) is 49.3 Å². The Morgan fingerprint density at radius 3 is 2.89 bits per heavy atom. The average molecular weight is 268 g/mol. The summed E-state index contributed by atoms with van der Waals surface area (Å²) >= 11 is 0. The van der Waals surface area contributed by atoms with E-state index in [1.807, 2.05) is 6.08 Å². The van der Waals surface area contributed by atoms with Gasteiger partial charge in [-0.2, -0.15) is 0 Å². The Morgan fingerprint density at radius 2 is 2.26 bits per heavy atom. The second-order valence-corrected chi connectivity index (χ2v) is 5.78. The van der Waals surface area contributed by atoms with E-state index in [1.54, 1.807) is 0 Å². The fraction of sp³-hybridized carbons (Fsp3) is 0.875. The Bertz CT molecular complexity index is 243. The van der Waals surface area contributed by atoms with Crippen LogP contribution in [-0.2, 0) is 4.74 Å². The van der Waals surface area contributed by atoms with Gasteiger partial charge >= 0.3 is 0 Å². The smallest absolute Gasteiger partial charge is 0.0855 e. The predicted octanol–water partition coefficient (Wildman–Crippen LogP) is 2.82. The summed E-state index contributed by atoms with van der Waals surface area (Å²) in [5.74, 6) is 0. The number of hydrogen-bond donors (Lipinski definition) is 1. The second kappa shape index (κ2) is 9.51. The van der Waals surface area contributed by atoms with Crippen molar-refractivity contribution >= 4 is 0 Å². The molecule has 112 valence electrons. The Balaban J connectivity index is 2.48. The van der Waals surface area contributed by atoms with Gasteiger partial charge in [0.2, 0.25) is 0 Å². The molecular weight excluding hydrogens is 236 g/mol. The van der Waals surface area contributed by atoms with Crippen LogP contribution in [0.4, 0.5) is 0 Å². The van der Waals surface area contributed by atoms with Crippen LogP contribution >= 0.6 is 0 Å². The Kier molecular flexibility index (Phi) is 8.35. The summed E-state index contributed by atoms with van der Waals surface area (Å²) in [6.07, 6.45) is 7.02. The van der Waals surface area contributed by atoms with Crippen molar-refractivity contribution in [2.75, 3.05) is 26.2 Å². The lowest BCUT2D eigenvalue weighted by atomic mass is 10.0. The SMILES string of the molecule is C=CCCCC(NCCC)C1CN(C(C)C)CCO1. The Morgan fingerprint density at radius 1 is 1.47 bits per heavy atom. The van der Waals surface area contributed by atoms with Crippen molar-refractivity contribution in [3.8, 4) is 0 Å². The van der Waals surface area contributed by atoms with Gasteiger partial charge in [0.25, 0.3) is 0 Å². The molecule has 2 atom stereocenters. The van der Waals surface area contributed by atoms with E-state index < -0.39 is 0 Å². The van der Waals surface area contributed by atoms with Gasteiger partial charge in [-0.3, -0.25) is 4.90 Å². The molecule has 1 fully saturated rings. The van der Waals surface area contributed by atoms with Gasteiger partial charge in [0.15, 0.2) is 0 Å². The van der Waals surface area contributed by atoms with E-state index in [0.29, 0.717) is 18.2 Å². The van der Waals surface area contributed by atoms with Gasteiger partial charge in [0.05, 0.1) is 12.7 Å². The third kappa shape index (κ3) is 6.07. The van der Waals surface area contributed by atoms with Gasteiger partial charge in [-0.15, -0.1) is 6.58 Å². The van der Waals surface area contributed by atoms with E-state index in [1.165, 1.54) is 19.3 Å². The maximum atomic E-state index is 6.02. The van der Waals surface area contributed by atoms with Crippen LogP contribution in [0.1, 0.15) is 46.5 Å². The van der Waals surface area contributed by atoms with Gasteiger partial charge in [0, 0.05) is 25.2 Å². The van der Waals surface area contributed by atoms with Crippen LogP contribution < -0.4 is 5.32 Å². The summed E-state index contributed by atoms with van der Waals surface area (Å²) in [6.45, 7) is 14.7. The third-order valence-corrected chi connectivity index (χ3v) is 3.88. The van der Waals surface area contributed by atoms with Crippen molar-refractivity contribution in [3.05, 3.63) is 12.7 Å². The predicted molar refractivity (Wildman–Crippen MR) is 82.6 cm³/mol. The standard InChI is InChI=1S/C16H32N2O/c1-5-7-8-9-15(17-10-6-2)16-13-18(14(3)4)11-12-19-16/h5,14-17H,1,6-13H2,2-4H3. The number of hydrogen-bond acceptors (Lipinski definition) is 3. The van der Waals surface area contributed by atoms with Gasteiger partial charge in [-0.25, -0.2) is 0 Å². The molecule has 0 amide bonds. The van der Waals surface area contributed by atoms with Gasteiger partial charge in [0.1, 0.15) is 0 Å². The first-order valence-corrected chi connectivity index (χ1v) is 7.89. The lowest BCUT2D eigenvalue weighted by molar-refractivity contribution is -0.0566. The lowest BCUT2D eigenvalue weighted by Gasteiger charge is -2.39. The first-order valence-electron chi connectivity index (χ1n) is 7.89. The summed E-state index contributed by atoms with van der Waals surface area (Å²) in [6, 6.07) is 1.10. The molecule has 0 bridgehead atoms. The zero-order valence-electron chi connectivity index (χ0n) is 13.0. The lowest BCUT2D eigenvalue weighted by Crippen LogP contribution is -2.53. The fourth-order valence-electron chi connectivity index (χ4n) is 2.64. The highest BCUT2D eigenvalue weighted by atomic mass is 16.5. The monoisotopic (exact) mass is 268 g/mol. The topological polar surface area (TPSA) is 24.5 Å². The summed E-state index contributed by atoms with van der Waals surface area (Å²) in [7, 11) is 0. The van der Waals surface area contributed by atoms with Crippen LogP contribution in [0.2, 0.25) is 0 Å². The van der Waals surface area contributed by atoms with Crippen molar-refractivity contribution in [1.29, 1.82) is 0 Å². The van der Waals surface area contributed by atoms with Crippen LogP contribution in [0.3, 0.4) is 0 Å². The molecule has 0 aromatic heterocycles. The second-order valence-electron chi connectivity index (χ2n) is 5.78. The molecule has 1 aliphatic heterocycles. The van der Waals surface area contributed by atoms with Crippen molar-refractivity contribution in [3.63, 3.8) is 0 Å². The quantitative estimate of drug-likeness (QED) is 0.514. The Hall–Kier alpha value is -0.380. The molecule has 3 heteroatoms. The summed E-state index contributed by atoms with van der Waals surface area (Å²) in [4.78, 5) is 2.53. The molecule has 2 unspecified atom stereocenters. The van der Waals surface area contributed by atoms with E-state index >= 15 is 0 Å². The minimum atomic E-state index is 0.340. The molecule has 19 heavy (non-hydrogen) atoms. The van der Waals surface area contributed by atoms with Crippen LogP contribution in [0, 0.1) is 0 Å². The molecule has 1 N–H and O–H groups in total. The number of allylic oxidation sites excluding steroid dienone is 1. The molecule has 0 spiro atoms. The largest absolute Gasteiger partial charge is 0.374 e. The fourth-order valence-corrected chi connectivity index (χ4v) is 2.64. The van der Waals surface area contributed by atoms with E-state index in [4.69, 9.17) is 4.74 Å². The number of ether oxygens (including phenoxy) is 1. The molecule has 0 aliphatic carbocycles. The maximum Gasteiger partial charge on any atom is 0.0855 e. The zero-order chi connectivity index (χ0) is 14.1. The van der Waals surface area contributed by atoms with Crippen molar-refractivity contribution in [2.45, 2.75) is 64.6 Å². The minimum absolute atomic E-state index is 0.340. The normalized spacial score (nSPS) is 22.6. The molecule has 1 saturated heterocycles. The molecule has 0 aromatic rings. The molecule has 1 rings (SSSR count). The van der Waals surface area contributed by atoms with Crippen molar-refractivity contribution in [1.82, 2.24) is 10.2 Å². The molecule has 0 saturated carbocycles. The molecule has 0 radical (unpaired) electrons. The molecule has 0 aromatic carbocycles. The number of morpholine rings is 1. The summed E-state index contributed by atoms with van der Waals surface area (Å²) in [5.41, 5.74) is 0. The number of unbranched alkanes of at least 4 members (excludes halogenated alkanes) is 1. The van der Waals surface area contributed by atoms with Crippen LogP contribution in [0.25, 0.3) is 0 Å². The van der Waals surface area contributed by atoms with E-state index in [9.17, 15) is 0 Å². The summed E-state index contributed by atoms with van der Waals surface area (Å²) in [5, 5.41) is 3.67. The maximum absolute atomic E-state index is 6.02. The summed E-state index contributed by atoms with van der Waals surface area (Å²) < 4.78 is 6.02. The highest BCUT2D eigenvalue weighted by molar-refractivity contribution is 4.84. The van der Waals surface area contributed by atoms with Crippen LogP contribution in [0.5, 0.6) is 0 Å². The molecule has 1 aliphatic rings. The van der Waals surface area contributed by atoms with E-state index in [2.05, 4.69) is 37.6 Å². The number of nitrogens with zero attached hydrogens (tertiary/aromatic N) is 1. The molecule has 3 nitrogen and oxygen atoms in total. The average Bonchev–Trinajstić information content (AvgIpc) is 2.43. The highest BCUT2D eigenvalue weighted by Gasteiger charge is 2.28. The third-order valence-electron chi connectivity index (χ3n) is 3.88. The highest BCUT2D eigenvalue weighted by Crippen LogP contribution is 2.16. The van der Waals surface area contributed by atoms with Crippen LogP contribution in [0.15, 0.2) is 12.7 Å². The minimum Gasteiger partial charge on any atom is -0.374 e. The number of nitrogens with one attached hydrogen (secondary N) is 1. The molecular formula is C16H32N2O. The van der Waals surface area contributed by atoms with Gasteiger partial charge in [-0.1, -0.05) is 13.0 Å². The first-order chi connectivity index (χ1) is 9.19. The van der Waals surface area contributed by atoms with E-state index in [0.717, 1.165) is 32.7 Å². The molecule has 1 heterocycles. The van der Waals surface area contributed by atoms with Crippen molar-refractivity contribution in [2.24, 2.45) is 0 Å². The van der Waals surface area contributed by atoms with Gasteiger partial charge < -0.3 is 10.1 Å². The van der Waals surface area contributed by atoms with Gasteiger partial charge in [-0.05, 0) is 46.1 Å². The zero-order valence-corrected chi connectivity index (χ0v) is 13.0. The van der Waals surface area contributed by atoms with Crippen molar-refractivity contribution < 1.29 is 4.74 Å². The number of rotatable bonds is 9.